The lowest BCUT2D eigenvalue weighted by Gasteiger charge is -2.08. The Labute approximate surface area is 99.2 Å². The average molecular weight is 250 g/mol. The number of thioether (sulfide) groups is 1. The van der Waals surface area contributed by atoms with E-state index in [2.05, 4.69) is 5.32 Å². The standard InChI is InChI=1S/C10H16ClNO2S/c1-12-6-8(13)4-5-15-7-9-2-3-10(11)14-9/h2-3,8,12-13H,4-7H2,1H3. The molecule has 0 spiro atoms. The summed E-state index contributed by atoms with van der Waals surface area (Å²) in [7, 11) is 1.83. The highest BCUT2D eigenvalue weighted by Gasteiger charge is 2.03. The molecule has 2 N–H and O–H groups in total. The third-order valence-corrected chi connectivity index (χ3v) is 3.12. The maximum absolute atomic E-state index is 9.43. The van der Waals surface area contributed by atoms with E-state index in [1.54, 1.807) is 17.8 Å². The van der Waals surface area contributed by atoms with Crippen LogP contribution in [0, 0.1) is 0 Å². The number of aliphatic hydroxyl groups excluding tert-OH is 1. The average Bonchev–Trinajstić information content (AvgIpc) is 2.60. The molecule has 5 heteroatoms. The van der Waals surface area contributed by atoms with E-state index in [9.17, 15) is 5.11 Å². The van der Waals surface area contributed by atoms with Gasteiger partial charge in [-0.25, -0.2) is 0 Å². The van der Waals surface area contributed by atoms with Gasteiger partial charge in [0, 0.05) is 6.54 Å². The van der Waals surface area contributed by atoms with Gasteiger partial charge in [0.2, 0.25) is 0 Å². The lowest BCUT2D eigenvalue weighted by atomic mass is 10.3. The topological polar surface area (TPSA) is 45.4 Å². The molecule has 0 aromatic carbocycles. The number of hydrogen-bond donors (Lipinski definition) is 2. The Balaban J connectivity index is 2.06. The molecule has 1 unspecified atom stereocenters. The number of nitrogens with one attached hydrogen (secondary N) is 1. The molecule has 1 aromatic rings. The van der Waals surface area contributed by atoms with Gasteiger partial charge in [-0.3, -0.25) is 0 Å². The fraction of sp³-hybridized carbons (Fsp3) is 0.600. The third-order valence-electron chi connectivity index (χ3n) is 1.91. The molecule has 1 atom stereocenters. The molecule has 3 nitrogen and oxygen atoms in total. The van der Waals surface area contributed by atoms with Gasteiger partial charge in [0.15, 0.2) is 5.22 Å². The van der Waals surface area contributed by atoms with Gasteiger partial charge in [0.25, 0.3) is 0 Å². The molecule has 1 rings (SSSR count). The predicted octanol–water partition coefficient (Wildman–Crippen LogP) is 2.14. The second-order valence-corrected chi connectivity index (χ2v) is 4.74. The van der Waals surface area contributed by atoms with Crippen LogP contribution in [0.2, 0.25) is 5.22 Å². The molecule has 1 heterocycles. The zero-order valence-electron chi connectivity index (χ0n) is 8.70. The van der Waals surface area contributed by atoms with Crippen molar-refractivity contribution in [3.63, 3.8) is 0 Å². The second-order valence-electron chi connectivity index (χ2n) is 3.26. The Kier molecular flexibility index (Phi) is 6.17. The summed E-state index contributed by atoms with van der Waals surface area (Å²) in [5.41, 5.74) is 0. The van der Waals surface area contributed by atoms with Crippen LogP contribution in [-0.4, -0.2) is 30.6 Å². The van der Waals surface area contributed by atoms with Crippen molar-refractivity contribution >= 4 is 23.4 Å². The number of rotatable bonds is 7. The summed E-state index contributed by atoms with van der Waals surface area (Å²) in [5.74, 6) is 2.60. The molecule has 0 amide bonds. The van der Waals surface area contributed by atoms with Gasteiger partial charge in [-0.2, -0.15) is 11.8 Å². The highest BCUT2D eigenvalue weighted by molar-refractivity contribution is 7.98. The van der Waals surface area contributed by atoms with Crippen LogP contribution in [0.4, 0.5) is 0 Å². The molecule has 1 aromatic heterocycles. The normalized spacial score (nSPS) is 13.0. The first-order chi connectivity index (χ1) is 7.22. The molecule has 0 aliphatic heterocycles. The zero-order chi connectivity index (χ0) is 11.1. The second kappa shape index (κ2) is 7.17. The lowest BCUT2D eigenvalue weighted by Crippen LogP contribution is -2.23. The van der Waals surface area contributed by atoms with Gasteiger partial charge in [0.05, 0.1) is 11.9 Å². The first-order valence-electron chi connectivity index (χ1n) is 4.87. The van der Waals surface area contributed by atoms with Crippen LogP contribution >= 0.6 is 23.4 Å². The molecule has 0 saturated carbocycles. The lowest BCUT2D eigenvalue weighted by molar-refractivity contribution is 0.171. The third kappa shape index (κ3) is 5.47. The van der Waals surface area contributed by atoms with Gasteiger partial charge in [-0.15, -0.1) is 0 Å². The monoisotopic (exact) mass is 249 g/mol. The molecule has 0 aliphatic rings. The molecule has 15 heavy (non-hydrogen) atoms. The van der Waals surface area contributed by atoms with Crippen molar-refractivity contribution in [3.8, 4) is 0 Å². The van der Waals surface area contributed by atoms with Crippen LogP contribution in [-0.2, 0) is 5.75 Å². The Hall–Kier alpha value is -0.160. The van der Waals surface area contributed by atoms with Crippen LogP contribution < -0.4 is 5.32 Å². The summed E-state index contributed by atoms with van der Waals surface area (Å²) in [4.78, 5) is 0. The first-order valence-corrected chi connectivity index (χ1v) is 6.40. The number of hydrogen-bond acceptors (Lipinski definition) is 4. The zero-order valence-corrected chi connectivity index (χ0v) is 10.3. The number of furan rings is 1. The van der Waals surface area contributed by atoms with Crippen LogP contribution in [0.25, 0.3) is 0 Å². The molecule has 0 bridgehead atoms. The predicted molar refractivity (Wildman–Crippen MR) is 64.4 cm³/mol. The summed E-state index contributed by atoms with van der Waals surface area (Å²) in [6, 6.07) is 3.62. The van der Waals surface area contributed by atoms with E-state index >= 15 is 0 Å². The van der Waals surface area contributed by atoms with E-state index in [4.69, 9.17) is 16.0 Å². The van der Waals surface area contributed by atoms with Crippen molar-refractivity contribution in [1.82, 2.24) is 5.32 Å². The van der Waals surface area contributed by atoms with Gasteiger partial charge < -0.3 is 14.8 Å². The first kappa shape index (κ1) is 12.9. The summed E-state index contributed by atoms with van der Waals surface area (Å²) in [6.45, 7) is 0.646. The van der Waals surface area contributed by atoms with Gasteiger partial charge in [-0.1, -0.05) is 0 Å². The van der Waals surface area contributed by atoms with Crippen molar-refractivity contribution in [2.75, 3.05) is 19.3 Å². The van der Waals surface area contributed by atoms with Gasteiger partial charge >= 0.3 is 0 Å². The molecule has 0 saturated heterocycles. The Morgan fingerprint density at radius 1 is 1.60 bits per heavy atom. The number of aliphatic hydroxyl groups is 1. The van der Waals surface area contributed by atoms with Gasteiger partial charge in [-0.05, 0) is 43.0 Å². The van der Waals surface area contributed by atoms with E-state index in [1.165, 1.54) is 0 Å². The van der Waals surface area contributed by atoms with Crippen molar-refractivity contribution in [3.05, 3.63) is 23.1 Å². The maximum atomic E-state index is 9.43. The van der Waals surface area contributed by atoms with Crippen molar-refractivity contribution in [1.29, 1.82) is 0 Å². The van der Waals surface area contributed by atoms with E-state index in [1.807, 2.05) is 13.1 Å². The molecule has 0 radical (unpaired) electrons. The van der Waals surface area contributed by atoms with E-state index in [0.717, 1.165) is 23.7 Å². The quantitative estimate of drug-likeness (QED) is 0.727. The Morgan fingerprint density at radius 2 is 2.40 bits per heavy atom. The van der Waals surface area contributed by atoms with Crippen LogP contribution in [0.3, 0.4) is 0 Å². The molecule has 0 fully saturated rings. The highest BCUT2D eigenvalue weighted by atomic mass is 35.5. The van der Waals surface area contributed by atoms with Crippen LogP contribution in [0.5, 0.6) is 0 Å². The van der Waals surface area contributed by atoms with Crippen LogP contribution in [0.15, 0.2) is 16.5 Å². The highest BCUT2D eigenvalue weighted by Crippen LogP contribution is 2.19. The fourth-order valence-corrected chi connectivity index (χ4v) is 2.26. The maximum Gasteiger partial charge on any atom is 0.193 e. The minimum atomic E-state index is -0.261. The molecule has 86 valence electrons. The van der Waals surface area contributed by atoms with Crippen molar-refractivity contribution in [2.45, 2.75) is 18.3 Å². The minimum absolute atomic E-state index is 0.261. The van der Waals surface area contributed by atoms with Gasteiger partial charge in [0.1, 0.15) is 5.76 Å². The summed E-state index contributed by atoms with van der Waals surface area (Å²) in [6.07, 6.45) is 0.530. The largest absolute Gasteiger partial charge is 0.449 e. The van der Waals surface area contributed by atoms with E-state index < -0.39 is 0 Å². The SMILES string of the molecule is CNCC(O)CCSCc1ccc(Cl)o1. The Bertz CT molecular complexity index is 280. The summed E-state index contributed by atoms with van der Waals surface area (Å²) >= 11 is 7.37. The Morgan fingerprint density at radius 3 is 3.00 bits per heavy atom. The van der Waals surface area contributed by atoms with E-state index in [0.29, 0.717) is 11.8 Å². The summed E-state index contributed by atoms with van der Waals surface area (Å²) in [5, 5.41) is 12.8. The smallest absolute Gasteiger partial charge is 0.193 e. The minimum Gasteiger partial charge on any atom is -0.449 e. The van der Waals surface area contributed by atoms with Crippen molar-refractivity contribution in [2.24, 2.45) is 0 Å². The molecular formula is C10H16ClNO2S. The number of halogens is 1. The number of likely N-dealkylation sites (N-methyl/N-ethyl adjacent to an activating group) is 1. The van der Waals surface area contributed by atoms with Crippen LogP contribution in [0.1, 0.15) is 12.2 Å². The molecular weight excluding hydrogens is 234 g/mol. The summed E-state index contributed by atoms with van der Waals surface area (Å²) < 4.78 is 5.21. The van der Waals surface area contributed by atoms with E-state index in [-0.39, 0.29) is 6.10 Å². The van der Waals surface area contributed by atoms with Crippen molar-refractivity contribution < 1.29 is 9.52 Å². The molecule has 0 aliphatic carbocycles. The fourth-order valence-electron chi connectivity index (χ4n) is 1.16.